The van der Waals surface area contributed by atoms with Crippen LogP contribution in [-0.2, 0) is 4.79 Å². The Morgan fingerprint density at radius 3 is 2.64 bits per heavy atom. The Balaban J connectivity index is 1.40. The number of hydrogen-bond acceptors (Lipinski definition) is 5. The van der Waals surface area contributed by atoms with E-state index < -0.39 is 0 Å². The van der Waals surface area contributed by atoms with Crippen molar-refractivity contribution in [2.24, 2.45) is 0 Å². The molecule has 1 aliphatic carbocycles. The summed E-state index contributed by atoms with van der Waals surface area (Å²) in [6.07, 6.45) is 11.9. The predicted octanol–water partition coefficient (Wildman–Crippen LogP) is 1.99. The van der Waals surface area contributed by atoms with Gasteiger partial charge < -0.3 is 10.2 Å². The number of carbonyl (C=O) groups excluding carboxylic acids is 1. The monoisotopic (exact) mass is 343 g/mol. The summed E-state index contributed by atoms with van der Waals surface area (Å²) >= 11 is 0. The molecule has 1 N–H and O–H groups in total. The molecule has 25 heavy (non-hydrogen) atoms. The fraction of sp³-hybridized carbons (Fsp3) is 0.632. The summed E-state index contributed by atoms with van der Waals surface area (Å²) in [4.78, 5) is 25.5. The van der Waals surface area contributed by atoms with Crippen LogP contribution < -0.4 is 10.2 Å². The second kappa shape index (κ2) is 8.94. The first-order valence-electron chi connectivity index (χ1n) is 9.45. The minimum absolute atomic E-state index is 0.0841. The van der Waals surface area contributed by atoms with Gasteiger partial charge in [0.1, 0.15) is 0 Å². The first-order valence-corrected chi connectivity index (χ1v) is 9.45. The van der Waals surface area contributed by atoms with Gasteiger partial charge in [0, 0.05) is 45.1 Å². The van der Waals surface area contributed by atoms with Gasteiger partial charge in [-0.3, -0.25) is 9.69 Å². The standard InChI is InChI=1S/C19H29N5O/c1-16(18(25)20-11-8-17-6-3-2-4-7-17)23-12-14-24(15-13-23)19-21-9-5-10-22-19/h5-6,9-10,16H,2-4,7-8,11-15H2,1H3,(H,20,25)/t16-/m0/s1. The maximum absolute atomic E-state index is 12.4. The third-order valence-corrected chi connectivity index (χ3v) is 5.21. The number of anilines is 1. The molecule has 0 bridgehead atoms. The van der Waals surface area contributed by atoms with Crippen LogP contribution in [0.2, 0.25) is 0 Å². The number of amides is 1. The van der Waals surface area contributed by atoms with Crippen LogP contribution in [0.1, 0.15) is 39.0 Å². The molecule has 1 fully saturated rings. The molecule has 1 aromatic rings. The van der Waals surface area contributed by atoms with Gasteiger partial charge >= 0.3 is 0 Å². The fourth-order valence-electron chi connectivity index (χ4n) is 3.56. The lowest BCUT2D eigenvalue weighted by Crippen LogP contribution is -2.54. The lowest BCUT2D eigenvalue weighted by molar-refractivity contribution is -0.125. The van der Waals surface area contributed by atoms with Crippen molar-refractivity contribution in [3.8, 4) is 0 Å². The normalized spacial score (nSPS) is 20.0. The topological polar surface area (TPSA) is 61.4 Å². The molecule has 1 aromatic heterocycles. The van der Waals surface area contributed by atoms with Crippen LogP contribution in [0, 0.1) is 0 Å². The van der Waals surface area contributed by atoms with Gasteiger partial charge in [-0.25, -0.2) is 9.97 Å². The third kappa shape index (κ3) is 5.01. The third-order valence-electron chi connectivity index (χ3n) is 5.21. The lowest BCUT2D eigenvalue weighted by atomic mass is 9.97. The number of hydrogen-bond donors (Lipinski definition) is 1. The summed E-state index contributed by atoms with van der Waals surface area (Å²) in [5.41, 5.74) is 1.51. The van der Waals surface area contributed by atoms with Gasteiger partial charge in [0.15, 0.2) is 0 Å². The van der Waals surface area contributed by atoms with Crippen LogP contribution in [0.15, 0.2) is 30.1 Å². The molecule has 1 atom stereocenters. The van der Waals surface area contributed by atoms with E-state index in [9.17, 15) is 4.79 Å². The van der Waals surface area contributed by atoms with Crippen molar-refractivity contribution in [1.82, 2.24) is 20.2 Å². The van der Waals surface area contributed by atoms with Crippen molar-refractivity contribution in [3.05, 3.63) is 30.1 Å². The minimum Gasteiger partial charge on any atom is -0.354 e. The van der Waals surface area contributed by atoms with E-state index in [0.29, 0.717) is 0 Å². The molecule has 0 spiro atoms. The zero-order chi connectivity index (χ0) is 17.5. The Morgan fingerprint density at radius 1 is 1.20 bits per heavy atom. The Labute approximate surface area is 150 Å². The van der Waals surface area contributed by atoms with E-state index in [0.717, 1.165) is 45.1 Å². The van der Waals surface area contributed by atoms with Gasteiger partial charge in [-0.05, 0) is 45.1 Å². The number of carbonyl (C=O) groups is 1. The van der Waals surface area contributed by atoms with E-state index in [1.807, 2.05) is 13.0 Å². The summed E-state index contributed by atoms with van der Waals surface area (Å²) in [5.74, 6) is 0.917. The summed E-state index contributed by atoms with van der Waals surface area (Å²) in [6.45, 7) is 6.19. The highest BCUT2D eigenvalue weighted by Crippen LogP contribution is 2.19. The molecular weight excluding hydrogens is 314 g/mol. The molecule has 2 heterocycles. The zero-order valence-electron chi connectivity index (χ0n) is 15.2. The van der Waals surface area contributed by atoms with E-state index in [1.165, 1.54) is 31.3 Å². The van der Waals surface area contributed by atoms with Crippen molar-refractivity contribution >= 4 is 11.9 Å². The maximum atomic E-state index is 12.4. The van der Waals surface area contributed by atoms with Crippen LogP contribution in [0.4, 0.5) is 5.95 Å². The molecule has 6 heteroatoms. The highest BCUT2D eigenvalue weighted by atomic mass is 16.2. The predicted molar refractivity (Wildman–Crippen MR) is 99.5 cm³/mol. The van der Waals surface area contributed by atoms with Crippen molar-refractivity contribution in [2.45, 2.75) is 45.1 Å². The molecule has 1 aliphatic heterocycles. The maximum Gasteiger partial charge on any atom is 0.237 e. The van der Waals surface area contributed by atoms with E-state index in [2.05, 4.69) is 31.2 Å². The molecule has 2 aliphatic rings. The Hall–Kier alpha value is -1.95. The Kier molecular flexibility index (Phi) is 6.39. The van der Waals surface area contributed by atoms with Crippen molar-refractivity contribution in [3.63, 3.8) is 0 Å². The summed E-state index contributed by atoms with van der Waals surface area (Å²) in [7, 11) is 0. The molecular formula is C19H29N5O. The number of nitrogens with zero attached hydrogens (tertiary/aromatic N) is 4. The highest BCUT2D eigenvalue weighted by molar-refractivity contribution is 5.81. The lowest BCUT2D eigenvalue weighted by Gasteiger charge is -2.37. The zero-order valence-corrected chi connectivity index (χ0v) is 15.2. The highest BCUT2D eigenvalue weighted by Gasteiger charge is 2.26. The van der Waals surface area contributed by atoms with E-state index >= 15 is 0 Å². The minimum atomic E-state index is -0.0841. The van der Waals surface area contributed by atoms with Gasteiger partial charge in [0.2, 0.25) is 11.9 Å². The van der Waals surface area contributed by atoms with Crippen molar-refractivity contribution in [1.29, 1.82) is 0 Å². The van der Waals surface area contributed by atoms with Crippen LogP contribution in [0.5, 0.6) is 0 Å². The summed E-state index contributed by atoms with van der Waals surface area (Å²) < 4.78 is 0. The number of allylic oxidation sites excluding steroid dienone is 1. The molecule has 0 saturated carbocycles. The quantitative estimate of drug-likeness (QED) is 0.801. The summed E-state index contributed by atoms with van der Waals surface area (Å²) in [6, 6.07) is 1.74. The van der Waals surface area contributed by atoms with Gasteiger partial charge in [-0.15, -0.1) is 0 Å². The Bertz CT molecular complexity index is 581. The number of nitrogens with one attached hydrogen (secondary N) is 1. The van der Waals surface area contributed by atoms with Gasteiger partial charge in [-0.2, -0.15) is 0 Å². The smallest absolute Gasteiger partial charge is 0.237 e. The first-order chi connectivity index (χ1) is 12.2. The molecule has 1 amide bonds. The summed E-state index contributed by atoms with van der Waals surface area (Å²) in [5, 5.41) is 3.11. The average Bonchev–Trinajstić information content (AvgIpc) is 2.69. The molecule has 0 radical (unpaired) electrons. The van der Waals surface area contributed by atoms with Crippen LogP contribution >= 0.6 is 0 Å². The number of piperazine rings is 1. The van der Waals surface area contributed by atoms with Crippen LogP contribution in [0.25, 0.3) is 0 Å². The average molecular weight is 343 g/mol. The first kappa shape index (κ1) is 17.9. The van der Waals surface area contributed by atoms with Gasteiger partial charge in [-0.1, -0.05) is 11.6 Å². The molecule has 0 unspecified atom stereocenters. The molecule has 3 rings (SSSR count). The molecule has 6 nitrogen and oxygen atoms in total. The van der Waals surface area contributed by atoms with Gasteiger partial charge in [0.25, 0.3) is 0 Å². The molecule has 0 aromatic carbocycles. The van der Waals surface area contributed by atoms with Gasteiger partial charge in [0.05, 0.1) is 6.04 Å². The SMILES string of the molecule is C[C@@H](C(=O)NCCC1=CCCCC1)N1CCN(c2ncccn2)CC1. The molecule has 1 saturated heterocycles. The second-order valence-corrected chi connectivity index (χ2v) is 6.90. The largest absolute Gasteiger partial charge is 0.354 e. The van der Waals surface area contributed by atoms with E-state index in [1.54, 1.807) is 12.4 Å². The van der Waals surface area contributed by atoms with Crippen LogP contribution in [0.3, 0.4) is 0 Å². The van der Waals surface area contributed by atoms with E-state index in [4.69, 9.17) is 0 Å². The van der Waals surface area contributed by atoms with Crippen LogP contribution in [-0.4, -0.2) is 59.5 Å². The van der Waals surface area contributed by atoms with E-state index in [-0.39, 0.29) is 11.9 Å². The second-order valence-electron chi connectivity index (χ2n) is 6.90. The fourth-order valence-corrected chi connectivity index (χ4v) is 3.56. The van der Waals surface area contributed by atoms with Crippen molar-refractivity contribution < 1.29 is 4.79 Å². The number of aromatic nitrogens is 2. The molecule has 136 valence electrons. The number of rotatable bonds is 6. The van der Waals surface area contributed by atoms with Crippen molar-refractivity contribution in [2.75, 3.05) is 37.6 Å². The Morgan fingerprint density at radius 2 is 1.96 bits per heavy atom.